The average molecular weight is 281 g/mol. The van der Waals surface area contributed by atoms with Crippen LogP contribution in [0.15, 0.2) is 24.3 Å². The van der Waals surface area contributed by atoms with Gasteiger partial charge in [0.2, 0.25) is 0 Å². The number of methoxy groups -OCH3 is 1. The minimum atomic E-state index is -0.820. The molecule has 1 atom stereocenters. The van der Waals surface area contributed by atoms with E-state index in [1.165, 1.54) is 0 Å². The Labute approximate surface area is 119 Å². The molecule has 1 rings (SSSR count). The maximum absolute atomic E-state index is 11.0. The number of hydrogen-bond donors (Lipinski definition) is 2. The number of aliphatic carboxylic acids is 1. The Morgan fingerprint density at radius 2 is 2.00 bits per heavy atom. The molecule has 112 valence electrons. The molecule has 5 heteroatoms. The predicted molar refractivity (Wildman–Crippen MR) is 77.1 cm³/mol. The third-order valence-corrected chi connectivity index (χ3v) is 3.35. The van der Waals surface area contributed by atoms with Crippen molar-refractivity contribution < 1.29 is 19.7 Å². The number of aliphatic hydroxyl groups is 1. The highest BCUT2D eigenvalue weighted by Crippen LogP contribution is 2.16. The van der Waals surface area contributed by atoms with Gasteiger partial charge in [0.05, 0.1) is 20.1 Å². The molecular weight excluding hydrogens is 258 g/mol. The SMILES string of the molecule is CCN(CCO)C(CC(=O)O)Cc1ccc(OC)cc1. The maximum Gasteiger partial charge on any atom is 0.304 e. The van der Waals surface area contributed by atoms with Crippen LogP contribution in [0.25, 0.3) is 0 Å². The van der Waals surface area contributed by atoms with Crippen LogP contribution in [0.1, 0.15) is 18.9 Å². The van der Waals surface area contributed by atoms with Crippen molar-refractivity contribution in [2.24, 2.45) is 0 Å². The van der Waals surface area contributed by atoms with Crippen molar-refractivity contribution in [2.45, 2.75) is 25.8 Å². The van der Waals surface area contributed by atoms with Gasteiger partial charge >= 0.3 is 5.97 Å². The summed E-state index contributed by atoms with van der Waals surface area (Å²) in [5.74, 6) is -0.0360. The molecule has 0 spiro atoms. The van der Waals surface area contributed by atoms with Crippen LogP contribution in [-0.4, -0.2) is 53.9 Å². The molecule has 0 amide bonds. The van der Waals surface area contributed by atoms with E-state index < -0.39 is 5.97 Å². The van der Waals surface area contributed by atoms with Crippen molar-refractivity contribution in [3.63, 3.8) is 0 Å². The lowest BCUT2D eigenvalue weighted by Crippen LogP contribution is -2.40. The van der Waals surface area contributed by atoms with Gasteiger partial charge in [-0.3, -0.25) is 9.69 Å². The lowest BCUT2D eigenvalue weighted by molar-refractivity contribution is -0.138. The molecule has 0 saturated carbocycles. The second-order valence-electron chi connectivity index (χ2n) is 4.66. The number of likely N-dealkylation sites (N-methyl/N-ethyl adjacent to an activating group) is 1. The van der Waals surface area contributed by atoms with E-state index in [-0.39, 0.29) is 19.1 Å². The highest BCUT2D eigenvalue weighted by atomic mass is 16.5. The van der Waals surface area contributed by atoms with Gasteiger partial charge in [0.1, 0.15) is 5.75 Å². The Kier molecular flexibility index (Phi) is 7.04. The van der Waals surface area contributed by atoms with E-state index in [9.17, 15) is 4.79 Å². The van der Waals surface area contributed by atoms with E-state index in [2.05, 4.69) is 0 Å². The Hall–Kier alpha value is -1.59. The Morgan fingerprint density at radius 1 is 1.35 bits per heavy atom. The predicted octanol–water partition coefficient (Wildman–Crippen LogP) is 1.40. The molecule has 0 aromatic heterocycles. The van der Waals surface area contributed by atoms with Crippen molar-refractivity contribution >= 4 is 5.97 Å². The first-order valence-corrected chi connectivity index (χ1v) is 6.80. The number of carbonyl (C=O) groups is 1. The fourth-order valence-corrected chi connectivity index (χ4v) is 2.29. The van der Waals surface area contributed by atoms with E-state index in [4.69, 9.17) is 14.9 Å². The fraction of sp³-hybridized carbons (Fsp3) is 0.533. The summed E-state index contributed by atoms with van der Waals surface area (Å²) in [7, 11) is 1.61. The van der Waals surface area contributed by atoms with Crippen molar-refractivity contribution in [1.82, 2.24) is 4.90 Å². The van der Waals surface area contributed by atoms with Crippen LogP contribution in [0.3, 0.4) is 0 Å². The molecule has 5 nitrogen and oxygen atoms in total. The standard InChI is InChI=1S/C15H23NO4/c1-3-16(8-9-17)13(11-15(18)19)10-12-4-6-14(20-2)7-5-12/h4-7,13,17H,3,8-11H2,1-2H3,(H,18,19). The first kappa shape index (κ1) is 16.5. The van der Waals surface area contributed by atoms with Crippen LogP contribution >= 0.6 is 0 Å². The zero-order valence-electron chi connectivity index (χ0n) is 12.1. The molecule has 1 aromatic rings. The molecule has 0 aliphatic heterocycles. The third kappa shape index (κ3) is 5.19. The second kappa shape index (κ2) is 8.55. The van der Waals surface area contributed by atoms with Gasteiger partial charge < -0.3 is 14.9 Å². The lowest BCUT2D eigenvalue weighted by Gasteiger charge is -2.29. The molecule has 1 aromatic carbocycles. The zero-order chi connectivity index (χ0) is 15.0. The number of hydrogen-bond acceptors (Lipinski definition) is 4. The van der Waals surface area contributed by atoms with Gasteiger partial charge in [-0.25, -0.2) is 0 Å². The molecule has 0 radical (unpaired) electrons. The largest absolute Gasteiger partial charge is 0.497 e. The van der Waals surface area contributed by atoms with Gasteiger partial charge in [-0.1, -0.05) is 19.1 Å². The van der Waals surface area contributed by atoms with E-state index in [1.54, 1.807) is 7.11 Å². The minimum absolute atomic E-state index is 0.0343. The van der Waals surface area contributed by atoms with Gasteiger partial charge in [0.25, 0.3) is 0 Å². The molecular formula is C15H23NO4. The number of carboxylic acids is 1. The number of nitrogens with zero attached hydrogens (tertiary/aromatic N) is 1. The van der Waals surface area contributed by atoms with Gasteiger partial charge in [0, 0.05) is 12.6 Å². The molecule has 0 aliphatic rings. The number of ether oxygens (including phenoxy) is 1. The molecule has 0 bridgehead atoms. The summed E-state index contributed by atoms with van der Waals surface area (Å²) < 4.78 is 5.11. The summed E-state index contributed by atoms with van der Waals surface area (Å²) in [5.41, 5.74) is 1.06. The van der Waals surface area contributed by atoms with Crippen LogP contribution in [0.2, 0.25) is 0 Å². The maximum atomic E-state index is 11.0. The summed E-state index contributed by atoms with van der Waals surface area (Å²) in [6.07, 6.45) is 0.712. The quantitative estimate of drug-likeness (QED) is 0.716. The number of rotatable bonds is 9. The summed E-state index contributed by atoms with van der Waals surface area (Å²) in [6.45, 7) is 3.21. The van der Waals surface area contributed by atoms with Crippen LogP contribution in [0, 0.1) is 0 Å². The lowest BCUT2D eigenvalue weighted by atomic mass is 10.0. The molecule has 0 heterocycles. The van der Waals surface area contributed by atoms with Crippen molar-refractivity contribution in [3.8, 4) is 5.75 Å². The molecule has 0 aliphatic carbocycles. The number of aliphatic hydroxyl groups excluding tert-OH is 1. The first-order chi connectivity index (χ1) is 9.60. The smallest absolute Gasteiger partial charge is 0.304 e. The fourth-order valence-electron chi connectivity index (χ4n) is 2.29. The topological polar surface area (TPSA) is 70.0 Å². The Bertz CT molecular complexity index is 405. The van der Waals surface area contributed by atoms with E-state index in [1.807, 2.05) is 36.1 Å². The molecule has 0 fully saturated rings. The normalized spacial score (nSPS) is 12.4. The molecule has 20 heavy (non-hydrogen) atoms. The second-order valence-corrected chi connectivity index (χ2v) is 4.66. The summed E-state index contributed by atoms with van der Waals surface area (Å²) in [6, 6.07) is 7.52. The van der Waals surface area contributed by atoms with Gasteiger partial charge in [0.15, 0.2) is 0 Å². The zero-order valence-corrected chi connectivity index (χ0v) is 12.1. The van der Waals surface area contributed by atoms with Gasteiger partial charge in [-0.05, 0) is 30.7 Å². The monoisotopic (exact) mass is 281 g/mol. The van der Waals surface area contributed by atoms with Gasteiger partial charge in [-0.2, -0.15) is 0 Å². The molecule has 2 N–H and O–H groups in total. The van der Waals surface area contributed by atoms with Crippen LogP contribution in [-0.2, 0) is 11.2 Å². The Morgan fingerprint density at radius 3 is 2.45 bits per heavy atom. The number of carboxylic acid groups (broad SMARTS) is 1. The first-order valence-electron chi connectivity index (χ1n) is 6.80. The van der Waals surface area contributed by atoms with Gasteiger partial charge in [-0.15, -0.1) is 0 Å². The van der Waals surface area contributed by atoms with Crippen LogP contribution in [0.5, 0.6) is 5.75 Å². The van der Waals surface area contributed by atoms with E-state index in [0.29, 0.717) is 19.5 Å². The van der Waals surface area contributed by atoms with Crippen LogP contribution < -0.4 is 4.74 Å². The van der Waals surface area contributed by atoms with E-state index in [0.717, 1.165) is 11.3 Å². The van der Waals surface area contributed by atoms with Crippen molar-refractivity contribution in [2.75, 3.05) is 26.8 Å². The average Bonchev–Trinajstić information content (AvgIpc) is 2.44. The number of benzene rings is 1. The third-order valence-electron chi connectivity index (χ3n) is 3.35. The van der Waals surface area contributed by atoms with Crippen LogP contribution in [0.4, 0.5) is 0 Å². The highest BCUT2D eigenvalue weighted by molar-refractivity contribution is 5.67. The minimum Gasteiger partial charge on any atom is -0.497 e. The van der Waals surface area contributed by atoms with Crippen molar-refractivity contribution in [1.29, 1.82) is 0 Å². The van der Waals surface area contributed by atoms with E-state index >= 15 is 0 Å². The molecule has 0 saturated heterocycles. The summed E-state index contributed by atoms with van der Waals surface area (Å²) >= 11 is 0. The highest BCUT2D eigenvalue weighted by Gasteiger charge is 2.20. The summed E-state index contributed by atoms with van der Waals surface area (Å²) in [5, 5.41) is 18.1. The van der Waals surface area contributed by atoms with Crippen molar-refractivity contribution in [3.05, 3.63) is 29.8 Å². The summed E-state index contributed by atoms with van der Waals surface area (Å²) in [4.78, 5) is 13.0. The molecule has 1 unspecified atom stereocenters. The Balaban J connectivity index is 2.78.